The summed E-state index contributed by atoms with van der Waals surface area (Å²) in [7, 11) is 0. The molecule has 6 rings (SSSR count). The Kier molecular flexibility index (Phi) is 3.54. The van der Waals surface area contributed by atoms with Crippen molar-refractivity contribution in [3.8, 4) is 0 Å². The maximum Gasteiger partial charge on any atom is 0.433 e. The first-order valence-electron chi connectivity index (χ1n) is 9.81. The number of carbonyl (C=O) groups excluding carboxylic acids is 2. The third-order valence-electron chi connectivity index (χ3n) is 7.39. The number of aliphatic hydroxyl groups is 1. The summed E-state index contributed by atoms with van der Waals surface area (Å²) >= 11 is 0. The molecule has 2 heterocycles. The van der Waals surface area contributed by atoms with Crippen LogP contribution in [0.25, 0.3) is 0 Å². The number of nitrogens with one attached hydrogen (secondary N) is 1. The molecule has 2 amide bonds. The Bertz CT molecular complexity index is 757. The van der Waals surface area contributed by atoms with E-state index in [0.29, 0.717) is 22.7 Å². The zero-order chi connectivity index (χ0) is 20.1. The van der Waals surface area contributed by atoms with E-state index in [0.717, 1.165) is 38.5 Å². The summed E-state index contributed by atoms with van der Waals surface area (Å²) in [5, 5.41) is 13.5. The summed E-state index contributed by atoms with van der Waals surface area (Å²) in [6, 6.07) is 0. The number of carbonyl (C=O) groups is 2. The van der Waals surface area contributed by atoms with Gasteiger partial charge < -0.3 is 15.2 Å². The summed E-state index contributed by atoms with van der Waals surface area (Å²) in [4.78, 5) is 26.2. The predicted molar refractivity (Wildman–Crippen MR) is 89.7 cm³/mol. The minimum atomic E-state index is -4.81. The van der Waals surface area contributed by atoms with Gasteiger partial charge in [-0.3, -0.25) is 14.5 Å². The fourth-order valence-corrected chi connectivity index (χ4v) is 6.66. The number of hydrogen-bond donors (Lipinski definition) is 2. The van der Waals surface area contributed by atoms with Crippen LogP contribution >= 0.6 is 0 Å². The van der Waals surface area contributed by atoms with Crippen LogP contribution < -0.4 is 5.32 Å². The van der Waals surface area contributed by atoms with Gasteiger partial charge in [0.15, 0.2) is 0 Å². The number of rotatable bonds is 2. The quantitative estimate of drug-likeness (QED) is 0.698. The topological polar surface area (TPSA) is 78.9 Å². The molecule has 0 aromatic carbocycles. The van der Waals surface area contributed by atoms with Crippen molar-refractivity contribution in [1.29, 1.82) is 0 Å². The summed E-state index contributed by atoms with van der Waals surface area (Å²) in [6.45, 7) is 0.778. The molecule has 1 saturated heterocycles. The average Bonchev–Trinajstić information content (AvgIpc) is 2.99. The Labute approximate surface area is 160 Å². The van der Waals surface area contributed by atoms with E-state index >= 15 is 0 Å². The number of amides is 2. The van der Waals surface area contributed by atoms with Gasteiger partial charge in [0.05, 0.1) is 6.61 Å². The highest BCUT2D eigenvalue weighted by Crippen LogP contribution is 2.56. The highest BCUT2D eigenvalue weighted by molar-refractivity contribution is 6.21. The third-order valence-corrected chi connectivity index (χ3v) is 7.39. The van der Waals surface area contributed by atoms with Crippen LogP contribution in [-0.2, 0) is 14.3 Å². The van der Waals surface area contributed by atoms with Crippen molar-refractivity contribution in [3.05, 3.63) is 11.3 Å². The smallest absolute Gasteiger partial charge is 0.433 e. The minimum Gasteiger partial charge on any atom is -0.509 e. The van der Waals surface area contributed by atoms with Gasteiger partial charge in [0.2, 0.25) is 6.23 Å². The molecule has 6 aliphatic rings. The second-order valence-corrected chi connectivity index (χ2v) is 9.53. The number of ether oxygens (including phenoxy) is 1. The van der Waals surface area contributed by atoms with Gasteiger partial charge >= 0.3 is 6.18 Å². The van der Waals surface area contributed by atoms with E-state index in [1.165, 1.54) is 6.92 Å². The van der Waals surface area contributed by atoms with Crippen molar-refractivity contribution in [3.63, 3.8) is 0 Å². The number of aliphatic hydroxyl groups excluding tert-OH is 1. The standard InChI is InChI=1S/C19H23F3N2O4/c1-17-8-28-16(19(20,21)22)24(17)15(27)12(13(17)25)14(26)23-18-5-9-2-10(6-18)4-11(3-9)7-18/h9-11,16,25H,2-8H2,1H3,(H,23,26)/t9?,10?,11?,16-,17-,18?/m1/s1. The Hall–Kier alpha value is -1.77. The van der Waals surface area contributed by atoms with Crippen molar-refractivity contribution in [1.82, 2.24) is 10.2 Å². The first kappa shape index (κ1) is 18.3. The lowest BCUT2D eigenvalue weighted by molar-refractivity contribution is -0.239. The molecule has 9 heteroatoms. The van der Waals surface area contributed by atoms with Crippen LogP contribution in [0.4, 0.5) is 13.2 Å². The zero-order valence-electron chi connectivity index (χ0n) is 15.5. The van der Waals surface area contributed by atoms with Crippen LogP contribution in [0.5, 0.6) is 0 Å². The van der Waals surface area contributed by atoms with E-state index < -0.39 is 53.2 Å². The maximum atomic E-state index is 13.3. The van der Waals surface area contributed by atoms with E-state index in [1.807, 2.05) is 0 Å². The van der Waals surface area contributed by atoms with Gasteiger partial charge in [0.25, 0.3) is 11.8 Å². The summed E-state index contributed by atoms with van der Waals surface area (Å²) in [5.74, 6) is -0.860. The minimum absolute atomic E-state index is 0.409. The highest BCUT2D eigenvalue weighted by atomic mass is 19.4. The normalized spacial score (nSPS) is 44.4. The van der Waals surface area contributed by atoms with Crippen molar-refractivity contribution in [2.45, 2.75) is 68.9 Å². The Morgan fingerprint density at radius 3 is 2.21 bits per heavy atom. The van der Waals surface area contributed by atoms with E-state index in [9.17, 15) is 27.9 Å². The molecule has 2 aliphatic heterocycles. The molecular formula is C19H23F3N2O4. The van der Waals surface area contributed by atoms with Gasteiger partial charge in [-0.1, -0.05) is 0 Å². The maximum absolute atomic E-state index is 13.3. The monoisotopic (exact) mass is 400 g/mol. The highest BCUT2D eigenvalue weighted by Gasteiger charge is 2.65. The number of nitrogens with zero attached hydrogens (tertiary/aromatic N) is 1. The van der Waals surface area contributed by atoms with Gasteiger partial charge in [0.1, 0.15) is 16.9 Å². The van der Waals surface area contributed by atoms with E-state index in [4.69, 9.17) is 4.74 Å². The third kappa shape index (κ3) is 2.37. The molecule has 5 fully saturated rings. The predicted octanol–water partition coefficient (Wildman–Crippen LogP) is 2.40. The van der Waals surface area contributed by atoms with Gasteiger partial charge in [-0.15, -0.1) is 0 Å². The fraction of sp³-hybridized carbons (Fsp3) is 0.789. The Morgan fingerprint density at radius 1 is 1.18 bits per heavy atom. The lowest BCUT2D eigenvalue weighted by atomic mass is 9.53. The number of hydrogen-bond acceptors (Lipinski definition) is 4. The van der Waals surface area contributed by atoms with Crippen LogP contribution in [0.3, 0.4) is 0 Å². The van der Waals surface area contributed by atoms with Crippen molar-refractivity contribution < 1.29 is 32.6 Å². The molecule has 4 aliphatic carbocycles. The lowest BCUT2D eigenvalue weighted by Crippen LogP contribution is -2.60. The van der Waals surface area contributed by atoms with Crippen molar-refractivity contribution in [2.24, 2.45) is 17.8 Å². The Morgan fingerprint density at radius 2 is 1.71 bits per heavy atom. The number of halogens is 3. The van der Waals surface area contributed by atoms with Crippen LogP contribution in [0.2, 0.25) is 0 Å². The molecule has 2 N–H and O–H groups in total. The van der Waals surface area contributed by atoms with Crippen molar-refractivity contribution >= 4 is 11.8 Å². The molecule has 0 unspecified atom stereocenters. The van der Waals surface area contributed by atoms with Gasteiger partial charge in [-0.2, -0.15) is 13.2 Å². The molecule has 6 nitrogen and oxygen atoms in total. The van der Waals surface area contributed by atoms with Crippen LogP contribution in [0, 0.1) is 17.8 Å². The van der Waals surface area contributed by atoms with Gasteiger partial charge in [-0.25, -0.2) is 0 Å². The summed E-state index contributed by atoms with van der Waals surface area (Å²) in [6.07, 6.45) is -1.27. The second kappa shape index (κ2) is 5.43. The number of fused-ring (bicyclic) bond motifs is 1. The molecule has 0 aromatic heterocycles. The first-order chi connectivity index (χ1) is 13.0. The zero-order valence-corrected chi connectivity index (χ0v) is 15.5. The molecule has 4 saturated carbocycles. The molecule has 154 valence electrons. The van der Waals surface area contributed by atoms with Crippen LogP contribution in [0.15, 0.2) is 11.3 Å². The number of alkyl halides is 3. The SMILES string of the molecule is C[C@]12CO[C@H](C(F)(F)F)N1C(=O)C(C(=O)NC13CC4CC(CC(C4)C1)C3)=C2O. The van der Waals surface area contributed by atoms with E-state index in [2.05, 4.69) is 5.32 Å². The van der Waals surface area contributed by atoms with E-state index in [-0.39, 0.29) is 0 Å². The molecule has 0 spiro atoms. The second-order valence-electron chi connectivity index (χ2n) is 9.53. The van der Waals surface area contributed by atoms with Crippen LogP contribution in [-0.4, -0.2) is 51.9 Å². The average molecular weight is 400 g/mol. The largest absolute Gasteiger partial charge is 0.509 e. The fourth-order valence-electron chi connectivity index (χ4n) is 6.66. The van der Waals surface area contributed by atoms with Crippen LogP contribution in [0.1, 0.15) is 45.4 Å². The molecule has 4 bridgehead atoms. The van der Waals surface area contributed by atoms with Crippen molar-refractivity contribution in [2.75, 3.05) is 6.61 Å². The molecule has 0 aromatic rings. The Balaban J connectivity index is 1.42. The lowest BCUT2D eigenvalue weighted by Gasteiger charge is -2.56. The van der Waals surface area contributed by atoms with Gasteiger partial charge in [-0.05, 0) is 63.2 Å². The van der Waals surface area contributed by atoms with E-state index in [1.54, 1.807) is 0 Å². The molecular weight excluding hydrogens is 377 g/mol. The summed E-state index contributed by atoms with van der Waals surface area (Å²) < 4.78 is 44.5. The molecule has 0 radical (unpaired) electrons. The summed E-state index contributed by atoms with van der Waals surface area (Å²) in [5.41, 5.74) is -2.66. The van der Waals surface area contributed by atoms with Gasteiger partial charge in [0, 0.05) is 5.54 Å². The molecule has 28 heavy (non-hydrogen) atoms. The first-order valence-corrected chi connectivity index (χ1v) is 9.81. The molecule has 2 atom stereocenters.